The van der Waals surface area contributed by atoms with Crippen molar-refractivity contribution in [1.82, 2.24) is 15.5 Å². The van der Waals surface area contributed by atoms with Gasteiger partial charge in [-0.25, -0.2) is 0 Å². The van der Waals surface area contributed by atoms with Gasteiger partial charge in [-0.3, -0.25) is 9.69 Å². The number of amides is 1. The van der Waals surface area contributed by atoms with E-state index in [1.165, 1.54) is 5.56 Å². The zero-order chi connectivity index (χ0) is 15.9. The number of halogens is 2. The minimum atomic E-state index is 0. The zero-order valence-corrected chi connectivity index (χ0v) is 16.1. The summed E-state index contributed by atoms with van der Waals surface area (Å²) in [5.41, 5.74) is 1.36. The maximum absolute atomic E-state index is 12.1. The topological polar surface area (TPSA) is 53.6 Å². The second kappa shape index (κ2) is 11.7. The molecule has 0 radical (unpaired) electrons. The first-order chi connectivity index (χ1) is 11.3. The lowest BCUT2D eigenvalue weighted by Gasteiger charge is -2.33. The Morgan fingerprint density at radius 1 is 1.20 bits per heavy atom. The minimum absolute atomic E-state index is 0. The predicted molar refractivity (Wildman–Crippen MR) is 105 cm³/mol. The smallest absolute Gasteiger partial charge is 0.221 e. The quantitative estimate of drug-likeness (QED) is 0.808. The van der Waals surface area contributed by atoms with Crippen molar-refractivity contribution in [2.24, 2.45) is 0 Å². The van der Waals surface area contributed by atoms with E-state index in [4.69, 9.17) is 4.74 Å². The third kappa shape index (κ3) is 7.50. The summed E-state index contributed by atoms with van der Waals surface area (Å²) in [6.07, 6.45) is 2.59. The van der Waals surface area contributed by atoms with Crippen LogP contribution < -0.4 is 10.6 Å². The molecule has 3 rings (SSSR count). The average Bonchev–Trinajstić information content (AvgIpc) is 2.58. The van der Waals surface area contributed by atoms with Gasteiger partial charge in [-0.15, -0.1) is 24.8 Å². The first-order valence-electron chi connectivity index (χ1n) is 8.66. The van der Waals surface area contributed by atoms with Gasteiger partial charge in [0.1, 0.15) is 0 Å². The molecule has 1 atom stereocenters. The lowest BCUT2D eigenvalue weighted by Crippen LogP contribution is -2.48. The van der Waals surface area contributed by atoms with E-state index in [9.17, 15) is 4.79 Å². The molecule has 7 heteroatoms. The molecule has 5 nitrogen and oxygen atoms in total. The van der Waals surface area contributed by atoms with E-state index < -0.39 is 0 Å². The Kier molecular flexibility index (Phi) is 10.4. The van der Waals surface area contributed by atoms with Crippen LogP contribution in [0.2, 0.25) is 0 Å². The number of nitrogens with zero attached hydrogens (tertiary/aromatic N) is 1. The Morgan fingerprint density at radius 3 is 2.56 bits per heavy atom. The normalized spacial score (nSPS) is 21.7. The molecule has 2 aliphatic heterocycles. The Hall–Kier alpha value is -0.850. The second-order valence-corrected chi connectivity index (χ2v) is 6.53. The van der Waals surface area contributed by atoms with Gasteiger partial charge in [0.2, 0.25) is 5.91 Å². The zero-order valence-electron chi connectivity index (χ0n) is 14.5. The highest BCUT2D eigenvalue weighted by atomic mass is 35.5. The van der Waals surface area contributed by atoms with Crippen LogP contribution in [-0.4, -0.2) is 55.7 Å². The summed E-state index contributed by atoms with van der Waals surface area (Å²) in [7, 11) is 0. The molecule has 1 aromatic rings. The average molecular weight is 390 g/mol. The standard InChI is InChI=1S/C18H27N3O2.2ClH/c22-18(12-17-14-23-11-8-19-17)20-16-6-9-21(10-7-16)13-15-4-2-1-3-5-15;;/h1-5,16-17,19H,6-14H2,(H,20,22);2*1H. The molecule has 1 unspecified atom stereocenters. The first-order valence-corrected chi connectivity index (χ1v) is 8.66. The molecular weight excluding hydrogens is 361 g/mol. The van der Waals surface area contributed by atoms with Crippen LogP contribution in [0.3, 0.4) is 0 Å². The molecule has 0 spiro atoms. The number of hydrogen-bond donors (Lipinski definition) is 2. The summed E-state index contributed by atoms with van der Waals surface area (Å²) in [6, 6.07) is 11.1. The number of morpholine rings is 1. The summed E-state index contributed by atoms with van der Waals surface area (Å²) >= 11 is 0. The fourth-order valence-electron chi connectivity index (χ4n) is 3.34. The van der Waals surface area contributed by atoms with Crippen molar-refractivity contribution in [3.63, 3.8) is 0 Å². The van der Waals surface area contributed by atoms with Crippen molar-refractivity contribution >= 4 is 30.7 Å². The third-order valence-corrected chi connectivity index (χ3v) is 4.63. The SMILES string of the molecule is Cl.Cl.O=C(CC1COCCN1)NC1CCN(Cc2ccccc2)CC1. The number of piperidine rings is 1. The maximum atomic E-state index is 12.1. The fraction of sp³-hybridized carbons (Fsp3) is 0.611. The molecule has 0 aliphatic carbocycles. The maximum Gasteiger partial charge on any atom is 0.221 e. The monoisotopic (exact) mass is 389 g/mol. The molecule has 2 saturated heterocycles. The van der Waals surface area contributed by atoms with Gasteiger partial charge in [0.05, 0.1) is 13.2 Å². The molecule has 0 bridgehead atoms. The van der Waals surface area contributed by atoms with Gasteiger partial charge in [0.25, 0.3) is 0 Å². The predicted octanol–water partition coefficient (Wildman–Crippen LogP) is 1.99. The lowest BCUT2D eigenvalue weighted by molar-refractivity contribution is -0.123. The second-order valence-electron chi connectivity index (χ2n) is 6.53. The highest BCUT2D eigenvalue weighted by Crippen LogP contribution is 2.14. The number of carbonyl (C=O) groups excluding carboxylic acids is 1. The van der Waals surface area contributed by atoms with Crippen molar-refractivity contribution in [1.29, 1.82) is 0 Å². The lowest BCUT2D eigenvalue weighted by atomic mass is 10.0. The first kappa shape index (κ1) is 22.2. The Bertz CT molecular complexity index is 490. The highest BCUT2D eigenvalue weighted by molar-refractivity contribution is 5.85. The van der Waals surface area contributed by atoms with Crippen molar-refractivity contribution < 1.29 is 9.53 Å². The molecule has 142 valence electrons. The van der Waals surface area contributed by atoms with Crippen LogP contribution in [0.25, 0.3) is 0 Å². The van der Waals surface area contributed by atoms with Crippen LogP contribution in [0, 0.1) is 0 Å². The Morgan fingerprint density at radius 2 is 1.92 bits per heavy atom. The highest BCUT2D eigenvalue weighted by Gasteiger charge is 2.22. The largest absolute Gasteiger partial charge is 0.378 e. The summed E-state index contributed by atoms with van der Waals surface area (Å²) in [4.78, 5) is 14.6. The molecule has 2 fully saturated rings. The van der Waals surface area contributed by atoms with E-state index in [0.29, 0.717) is 19.1 Å². The van der Waals surface area contributed by atoms with E-state index in [2.05, 4.69) is 45.9 Å². The Labute approximate surface area is 162 Å². The van der Waals surface area contributed by atoms with Crippen LogP contribution in [0.15, 0.2) is 30.3 Å². The molecule has 2 heterocycles. The van der Waals surface area contributed by atoms with E-state index in [1.807, 2.05) is 0 Å². The number of ether oxygens (including phenoxy) is 1. The summed E-state index contributed by atoms with van der Waals surface area (Å²) < 4.78 is 5.39. The van der Waals surface area contributed by atoms with Gasteiger partial charge in [-0.1, -0.05) is 30.3 Å². The van der Waals surface area contributed by atoms with Gasteiger partial charge in [-0.05, 0) is 18.4 Å². The summed E-state index contributed by atoms with van der Waals surface area (Å²) in [5, 5.41) is 6.52. The fourth-order valence-corrected chi connectivity index (χ4v) is 3.34. The van der Waals surface area contributed by atoms with Crippen LogP contribution in [0.5, 0.6) is 0 Å². The van der Waals surface area contributed by atoms with Crippen molar-refractivity contribution in [2.75, 3.05) is 32.8 Å². The number of hydrogen-bond acceptors (Lipinski definition) is 4. The van der Waals surface area contributed by atoms with E-state index in [0.717, 1.165) is 45.6 Å². The van der Waals surface area contributed by atoms with Crippen LogP contribution in [0.4, 0.5) is 0 Å². The van der Waals surface area contributed by atoms with Crippen LogP contribution >= 0.6 is 24.8 Å². The number of nitrogens with one attached hydrogen (secondary N) is 2. The summed E-state index contributed by atoms with van der Waals surface area (Å²) in [6.45, 7) is 5.33. The molecule has 1 amide bonds. The molecule has 2 aliphatic rings. The molecule has 1 aromatic carbocycles. The van der Waals surface area contributed by atoms with Gasteiger partial charge >= 0.3 is 0 Å². The molecular formula is C18H29Cl2N3O2. The van der Waals surface area contributed by atoms with Gasteiger partial charge in [0.15, 0.2) is 0 Å². The molecule has 0 saturated carbocycles. The number of likely N-dealkylation sites (tertiary alicyclic amines) is 1. The van der Waals surface area contributed by atoms with Gasteiger partial charge < -0.3 is 15.4 Å². The van der Waals surface area contributed by atoms with Crippen LogP contribution in [0.1, 0.15) is 24.8 Å². The minimum Gasteiger partial charge on any atom is -0.378 e. The number of carbonyl (C=O) groups is 1. The number of benzene rings is 1. The Balaban J connectivity index is 0.00000156. The van der Waals surface area contributed by atoms with Crippen molar-refractivity contribution in [2.45, 2.75) is 37.9 Å². The van der Waals surface area contributed by atoms with E-state index >= 15 is 0 Å². The van der Waals surface area contributed by atoms with Gasteiger partial charge in [0, 0.05) is 44.7 Å². The van der Waals surface area contributed by atoms with Crippen molar-refractivity contribution in [3.05, 3.63) is 35.9 Å². The molecule has 2 N–H and O–H groups in total. The molecule has 25 heavy (non-hydrogen) atoms. The third-order valence-electron chi connectivity index (χ3n) is 4.63. The van der Waals surface area contributed by atoms with Crippen molar-refractivity contribution in [3.8, 4) is 0 Å². The molecule has 0 aromatic heterocycles. The van der Waals surface area contributed by atoms with E-state index in [1.54, 1.807) is 0 Å². The van der Waals surface area contributed by atoms with Crippen LogP contribution in [-0.2, 0) is 16.1 Å². The number of rotatable bonds is 5. The van der Waals surface area contributed by atoms with Gasteiger partial charge in [-0.2, -0.15) is 0 Å². The summed E-state index contributed by atoms with van der Waals surface area (Å²) in [5.74, 6) is 0.148. The van der Waals surface area contributed by atoms with E-state index in [-0.39, 0.29) is 36.8 Å².